The number of hydrogen-bond acceptors (Lipinski definition) is 2. The summed E-state index contributed by atoms with van der Waals surface area (Å²) >= 11 is 1.96. The monoisotopic (exact) mass is 691 g/mol. The minimum atomic E-state index is -0.416. The predicted octanol–water partition coefficient (Wildman–Crippen LogP) is 14.0. The molecule has 1 nitrogen and oxygen atoms in total. The largest absolute Gasteiger partial charge is 0.310 e. The Balaban J connectivity index is 1.26. The molecule has 1 aromatic heterocycles. The first kappa shape index (κ1) is 30.2. The topological polar surface area (TPSA) is 3.24 Å². The molecule has 1 heterocycles. The van der Waals surface area contributed by atoms with E-state index in [0.29, 0.717) is 0 Å². The molecule has 8 aromatic carbocycles. The molecule has 0 aliphatic heterocycles. The van der Waals surface area contributed by atoms with Gasteiger partial charge in [-0.1, -0.05) is 158 Å². The highest BCUT2D eigenvalue weighted by Gasteiger charge is 2.54. The average molecular weight is 692 g/mol. The summed E-state index contributed by atoms with van der Waals surface area (Å²) in [6.45, 7) is 0. The molecule has 0 atom stereocenters. The van der Waals surface area contributed by atoms with Gasteiger partial charge < -0.3 is 4.90 Å². The molecule has 0 fully saturated rings. The van der Waals surface area contributed by atoms with Gasteiger partial charge in [0.05, 0.1) is 11.1 Å². The van der Waals surface area contributed by atoms with Crippen molar-refractivity contribution in [3.63, 3.8) is 0 Å². The van der Waals surface area contributed by atoms with E-state index in [4.69, 9.17) is 0 Å². The molecule has 0 unspecified atom stereocenters. The maximum atomic E-state index is 2.50. The third kappa shape index (κ3) is 4.37. The minimum absolute atomic E-state index is 0.416. The zero-order chi connectivity index (χ0) is 34.9. The highest BCUT2D eigenvalue weighted by molar-refractivity contribution is 7.20. The third-order valence-electron chi connectivity index (χ3n) is 11.2. The number of benzene rings is 8. The highest BCUT2D eigenvalue weighted by atomic mass is 32.1. The van der Waals surface area contributed by atoms with E-state index in [2.05, 4.69) is 205 Å². The number of thiophene rings is 1. The molecule has 53 heavy (non-hydrogen) atoms. The van der Waals surface area contributed by atoms with Crippen LogP contribution in [0.1, 0.15) is 21.6 Å². The van der Waals surface area contributed by atoms with Gasteiger partial charge in [-0.25, -0.2) is 0 Å². The van der Waals surface area contributed by atoms with Crippen LogP contribution in [0.5, 0.6) is 0 Å². The van der Waals surface area contributed by atoms with E-state index >= 15 is 0 Å². The van der Waals surface area contributed by atoms with Gasteiger partial charge in [0, 0.05) is 37.5 Å². The van der Waals surface area contributed by atoms with Crippen LogP contribution in [0, 0.1) is 0 Å². The van der Waals surface area contributed by atoms with Crippen molar-refractivity contribution in [2.75, 3.05) is 4.90 Å². The highest BCUT2D eigenvalue weighted by Crippen LogP contribution is 2.67. The summed E-state index contributed by atoms with van der Waals surface area (Å²) in [6.07, 6.45) is 0. The molecule has 248 valence electrons. The van der Waals surface area contributed by atoms with Crippen molar-refractivity contribution >= 4 is 38.5 Å². The second-order valence-electron chi connectivity index (χ2n) is 14.0. The van der Waals surface area contributed by atoms with Crippen LogP contribution in [0.25, 0.3) is 54.6 Å². The maximum absolute atomic E-state index is 2.50. The molecule has 0 saturated heterocycles. The maximum Gasteiger partial charge on any atom is 0.0820 e. The van der Waals surface area contributed by atoms with Gasteiger partial charge in [0.25, 0.3) is 0 Å². The average Bonchev–Trinajstić information content (AvgIpc) is 3.86. The standard InChI is InChI=1S/C51H33NS/c1-4-17-34(18-5-1)36-31-37(35-19-6-2-7-20-35)33-39(32-36)52(38-21-8-3-9-22-38)46-29-16-28-45-49(46)48-42-25-12-15-30-47(42)53-50(48)51(45)43-26-13-10-23-40(43)41-24-11-14-27-44(41)51/h1-33H. The van der Waals surface area contributed by atoms with Crippen molar-refractivity contribution in [3.05, 3.63) is 222 Å². The summed E-state index contributed by atoms with van der Waals surface area (Å²) in [5, 5.41) is 1.32. The smallest absolute Gasteiger partial charge is 0.0820 e. The zero-order valence-electron chi connectivity index (χ0n) is 28.9. The molecule has 0 N–H and O–H groups in total. The lowest BCUT2D eigenvalue weighted by Gasteiger charge is -2.32. The molecule has 0 saturated carbocycles. The van der Waals surface area contributed by atoms with Gasteiger partial charge in [-0.05, 0) is 92.5 Å². The van der Waals surface area contributed by atoms with Gasteiger partial charge in [-0.15, -0.1) is 11.3 Å². The van der Waals surface area contributed by atoms with E-state index in [0.717, 1.165) is 11.4 Å². The lowest BCUT2D eigenvalue weighted by Crippen LogP contribution is -2.25. The minimum Gasteiger partial charge on any atom is -0.310 e. The number of para-hydroxylation sites is 1. The predicted molar refractivity (Wildman–Crippen MR) is 224 cm³/mol. The number of rotatable bonds is 5. The Bertz CT molecular complexity index is 2730. The second kappa shape index (κ2) is 11.8. The normalized spacial score (nSPS) is 13.1. The molecule has 2 aliphatic carbocycles. The Morgan fingerprint density at radius 2 is 0.906 bits per heavy atom. The Labute approximate surface area is 313 Å². The van der Waals surface area contributed by atoms with Crippen LogP contribution < -0.4 is 4.90 Å². The fourth-order valence-corrected chi connectivity index (χ4v) is 10.5. The van der Waals surface area contributed by atoms with Crippen molar-refractivity contribution in [2.45, 2.75) is 5.41 Å². The SMILES string of the molecule is c1ccc(-c2cc(-c3ccccc3)cc(N(c3ccccc3)c3cccc4c3-c3c(sc5ccccc35)C43c4ccccc4-c4ccccc43)c2)cc1. The molecule has 0 bridgehead atoms. The van der Waals surface area contributed by atoms with Crippen LogP contribution in [-0.2, 0) is 5.41 Å². The van der Waals surface area contributed by atoms with Crippen LogP contribution in [0.15, 0.2) is 200 Å². The summed E-state index contributed by atoms with van der Waals surface area (Å²) < 4.78 is 1.32. The van der Waals surface area contributed by atoms with Gasteiger partial charge in [0.2, 0.25) is 0 Å². The number of hydrogen-bond donors (Lipinski definition) is 0. The van der Waals surface area contributed by atoms with Crippen LogP contribution in [0.3, 0.4) is 0 Å². The summed E-state index contributed by atoms with van der Waals surface area (Å²) in [4.78, 5) is 3.91. The van der Waals surface area contributed by atoms with E-state index in [1.165, 1.54) is 81.8 Å². The van der Waals surface area contributed by atoms with Crippen LogP contribution in [0.2, 0.25) is 0 Å². The van der Waals surface area contributed by atoms with Gasteiger partial charge in [-0.3, -0.25) is 0 Å². The summed E-state index contributed by atoms with van der Waals surface area (Å²) in [6, 6.07) is 73.7. The fourth-order valence-electron chi connectivity index (χ4n) is 9.09. The Morgan fingerprint density at radius 1 is 0.377 bits per heavy atom. The third-order valence-corrected chi connectivity index (χ3v) is 12.5. The van der Waals surface area contributed by atoms with E-state index in [1.54, 1.807) is 0 Å². The quantitative estimate of drug-likeness (QED) is 0.174. The van der Waals surface area contributed by atoms with Crippen molar-refractivity contribution in [3.8, 4) is 44.5 Å². The van der Waals surface area contributed by atoms with Crippen molar-refractivity contribution in [1.29, 1.82) is 0 Å². The van der Waals surface area contributed by atoms with E-state index < -0.39 is 5.41 Å². The molecule has 0 radical (unpaired) electrons. The van der Waals surface area contributed by atoms with Crippen LogP contribution in [-0.4, -0.2) is 0 Å². The van der Waals surface area contributed by atoms with Gasteiger partial charge in [-0.2, -0.15) is 0 Å². The Kier molecular flexibility index (Phi) is 6.71. The number of nitrogens with zero attached hydrogens (tertiary/aromatic N) is 1. The fraction of sp³-hybridized carbons (Fsp3) is 0.0196. The first-order chi connectivity index (χ1) is 26.3. The van der Waals surface area contributed by atoms with Gasteiger partial charge in [0.1, 0.15) is 0 Å². The van der Waals surface area contributed by atoms with Crippen molar-refractivity contribution in [2.24, 2.45) is 0 Å². The first-order valence-corrected chi connectivity index (χ1v) is 19.1. The lowest BCUT2D eigenvalue weighted by atomic mass is 9.74. The molecule has 2 aliphatic rings. The van der Waals surface area contributed by atoms with E-state index in [-0.39, 0.29) is 0 Å². The lowest BCUT2D eigenvalue weighted by molar-refractivity contribution is 0.811. The summed E-state index contributed by atoms with van der Waals surface area (Å²) in [5.74, 6) is 0. The van der Waals surface area contributed by atoms with E-state index in [1.807, 2.05) is 11.3 Å². The summed E-state index contributed by atoms with van der Waals surface area (Å²) in [7, 11) is 0. The molecule has 2 heteroatoms. The van der Waals surface area contributed by atoms with Crippen molar-refractivity contribution in [1.82, 2.24) is 0 Å². The molecule has 11 rings (SSSR count). The molecule has 9 aromatic rings. The van der Waals surface area contributed by atoms with E-state index in [9.17, 15) is 0 Å². The number of fused-ring (bicyclic) bond motifs is 12. The molecular weight excluding hydrogens is 659 g/mol. The van der Waals surface area contributed by atoms with Gasteiger partial charge in [0.15, 0.2) is 0 Å². The first-order valence-electron chi connectivity index (χ1n) is 18.3. The van der Waals surface area contributed by atoms with Gasteiger partial charge >= 0.3 is 0 Å². The molecular formula is C51H33NS. The van der Waals surface area contributed by atoms with Crippen LogP contribution >= 0.6 is 11.3 Å². The second-order valence-corrected chi connectivity index (χ2v) is 15.1. The molecule has 0 amide bonds. The van der Waals surface area contributed by atoms with Crippen LogP contribution in [0.4, 0.5) is 17.1 Å². The zero-order valence-corrected chi connectivity index (χ0v) is 29.7. The Morgan fingerprint density at radius 3 is 1.55 bits per heavy atom. The van der Waals surface area contributed by atoms with Crippen molar-refractivity contribution < 1.29 is 0 Å². The number of anilines is 3. The Hall–Kier alpha value is -6.48. The molecule has 1 spiro atoms. The summed E-state index contributed by atoms with van der Waals surface area (Å²) in [5.41, 5.74) is 17.2.